The summed E-state index contributed by atoms with van der Waals surface area (Å²) in [6, 6.07) is 0. The lowest BCUT2D eigenvalue weighted by Gasteiger charge is -2.11. The highest BCUT2D eigenvalue weighted by molar-refractivity contribution is 5.54. The molecule has 88 valence electrons. The van der Waals surface area contributed by atoms with Crippen molar-refractivity contribution in [2.75, 3.05) is 0 Å². The molecule has 4 heteroatoms. The van der Waals surface area contributed by atoms with Crippen LogP contribution in [-0.4, -0.2) is 5.11 Å². The van der Waals surface area contributed by atoms with E-state index in [4.69, 9.17) is 4.42 Å². The number of halogens is 1. The highest BCUT2D eigenvalue weighted by Crippen LogP contribution is 2.17. The van der Waals surface area contributed by atoms with Crippen molar-refractivity contribution in [3.05, 3.63) is 50.3 Å². The van der Waals surface area contributed by atoms with Crippen molar-refractivity contribution >= 4 is 18.7 Å². The topological polar surface area (TPSA) is 50.4 Å². The van der Waals surface area contributed by atoms with Crippen LogP contribution in [0.3, 0.4) is 0 Å². The largest absolute Gasteiger partial charge is 0.512 e. The Kier molecular flexibility index (Phi) is 2.71. The van der Waals surface area contributed by atoms with Crippen LogP contribution < -0.4 is 16.1 Å². The lowest BCUT2D eigenvalue weighted by atomic mass is 9.99. The third kappa shape index (κ3) is 2.06. The van der Waals surface area contributed by atoms with Crippen molar-refractivity contribution in [3.63, 3.8) is 0 Å². The van der Waals surface area contributed by atoms with Crippen LogP contribution in [0.4, 0.5) is 4.39 Å². The van der Waals surface area contributed by atoms with E-state index in [0.717, 1.165) is 11.6 Å². The maximum absolute atomic E-state index is 12.7. The predicted octanol–water partition coefficient (Wildman–Crippen LogP) is 1.16. The number of hydrogen-bond donors (Lipinski definition) is 1. The summed E-state index contributed by atoms with van der Waals surface area (Å²) in [4.78, 5) is 11.6. The highest BCUT2D eigenvalue weighted by Gasteiger charge is 2.14. The van der Waals surface area contributed by atoms with E-state index in [1.807, 2.05) is 0 Å². The summed E-state index contributed by atoms with van der Waals surface area (Å²) >= 11 is 0. The first-order valence-electron chi connectivity index (χ1n) is 5.09. The van der Waals surface area contributed by atoms with Crippen LogP contribution in [-0.2, 0) is 6.42 Å². The van der Waals surface area contributed by atoms with Crippen molar-refractivity contribution < 1.29 is 13.9 Å². The summed E-state index contributed by atoms with van der Waals surface area (Å²) in [5.74, 6) is -0.270. The molecule has 17 heavy (non-hydrogen) atoms. The second kappa shape index (κ2) is 4.05. The molecular formula is C13H11FO3. The molecule has 0 spiro atoms. The molecular weight excluding hydrogens is 223 g/mol. The number of fused-ring (bicyclic) bond motifs is 1. The minimum absolute atomic E-state index is 0.0750. The molecule has 1 heterocycles. The van der Waals surface area contributed by atoms with Gasteiger partial charge >= 0.3 is 5.63 Å². The molecule has 1 aliphatic rings. The van der Waals surface area contributed by atoms with Crippen LogP contribution in [0.25, 0.3) is 18.7 Å². The molecule has 0 saturated heterocycles. The maximum atomic E-state index is 12.7. The molecule has 1 aliphatic carbocycles. The number of hydrogen-bond acceptors (Lipinski definition) is 3. The van der Waals surface area contributed by atoms with Gasteiger partial charge in [0, 0.05) is 18.1 Å². The molecule has 2 rings (SSSR count). The summed E-state index contributed by atoms with van der Waals surface area (Å²) in [5.41, 5.74) is 0.0356. The Balaban J connectivity index is 2.83. The van der Waals surface area contributed by atoms with Gasteiger partial charge in [-0.05, 0) is 17.7 Å². The summed E-state index contributed by atoms with van der Waals surface area (Å²) in [6.07, 6.45) is 3.37. The first-order chi connectivity index (χ1) is 7.99. The smallest absolute Gasteiger partial charge is 0.344 e. The van der Waals surface area contributed by atoms with Crippen molar-refractivity contribution in [2.45, 2.75) is 12.8 Å². The lowest BCUT2D eigenvalue weighted by molar-refractivity contribution is 0.382. The van der Waals surface area contributed by atoms with Gasteiger partial charge in [-0.1, -0.05) is 13.2 Å². The zero-order valence-electron chi connectivity index (χ0n) is 9.12. The van der Waals surface area contributed by atoms with E-state index in [0.29, 0.717) is 23.8 Å². The van der Waals surface area contributed by atoms with Gasteiger partial charge in [0.05, 0.1) is 11.0 Å². The molecule has 1 N–H and O–H groups in total. The van der Waals surface area contributed by atoms with Gasteiger partial charge in [-0.15, -0.1) is 0 Å². The second-order valence-electron chi connectivity index (χ2n) is 3.85. The first-order valence-corrected chi connectivity index (χ1v) is 5.09. The molecule has 0 radical (unpaired) electrons. The van der Waals surface area contributed by atoms with Crippen LogP contribution in [0.1, 0.15) is 17.7 Å². The SMILES string of the molecule is C=C(F)/C=c1/c(=O)oc2c(c1=C)CCC(O)=C2. The van der Waals surface area contributed by atoms with E-state index in [-0.39, 0.29) is 11.0 Å². The van der Waals surface area contributed by atoms with Crippen LogP contribution in [0.5, 0.6) is 0 Å². The zero-order valence-corrected chi connectivity index (χ0v) is 9.12. The second-order valence-corrected chi connectivity index (χ2v) is 3.85. The van der Waals surface area contributed by atoms with Crippen molar-refractivity contribution in [1.29, 1.82) is 0 Å². The predicted molar refractivity (Wildman–Crippen MR) is 63.4 cm³/mol. The van der Waals surface area contributed by atoms with Crippen LogP contribution in [0.2, 0.25) is 0 Å². The van der Waals surface area contributed by atoms with E-state index >= 15 is 0 Å². The normalized spacial score (nSPS) is 15.4. The molecule has 0 aromatic carbocycles. The van der Waals surface area contributed by atoms with Gasteiger partial charge in [-0.3, -0.25) is 0 Å². The van der Waals surface area contributed by atoms with Gasteiger partial charge in [0.1, 0.15) is 11.6 Å². The molecule has 0 amide bonds. The molecule has 0 unspecified atom stereocenters. The number of aliphatic hydroxyl groups is 1. The Morgan fingerprint density at radius 2 is 2.24 bits per heavy atom. The Morgan fingerprint density at radius 3 is 2.88 bits per heavy atom. The van der Waals surface area contributed by atoms with Crippen LogP contribution in [0, 0.1) is 0 Å². The number of allylic oxidation sites excluding steroid dienone is 2. The minimum atomic E-state index is -0.726. The van der Waals surface area contributed by atoms with Crippen molar-refractivity contribution in [2.24, 2.45) is 0 Å². The van der Waals surface area contributed by atoms with Gasteiger partial charge in [0.25, 0.3) is 0 Å². The summed E-state index contributed by atoms with van der Waals surface area (Å²) in [7, 11) is 0. The Labute approximate surface area is 96.5 Å². The van der Waals surface area contributed by atoms with Gasteiger partial charge < -0.3 is 9.52 Å². The Bertz CT molecular complexity index is 680. The van der Waals surface area contributed by atoms with Crippen LogP contribution in [0.15, 0.2) is 27.4 Å². The molecule has 1 aromatic heterocycles. The average Bonchev–Trinajstić information content (AvgIpc) is 2.23. The standard InChI is InChI=1S/C13H11FO3/c1-7(14)5-11-8(2)10-4-3-9(15)6-12(10)17-13(11)16/h5-6,15H,1-4H2/b11-5+. The van der Waals surface area contributed by atoms with E-state index in [1.54, 1.807) is 0 Å². The van der Waals surface area contributed by atoms with Crippen molar-refractivity contribution in [3.8, 4) is 0 Å². The zero-order chi connectivity index (χ0) is 12.6. The maximum Gasteiger partial charge on any atom is 0.344 e. The molecule has 0 atom stereocenters. The number of aliphatic hydroxyl groups excluding tert-OH is 1. The molecule has 0 aliphatic heterocycles. The average molecular weight is 234 g/mol. The van der Waals surface area contributed by atoms with Gasteiger partial charge in [0.15, 0.2) is 0 Å². The molecule has 0 fully saturated rings. The quantitative estimate of drug-likeness (QED) is 0.793. The molecule has 0 bridgehead atoms. The fourth-order valence-electron chi connectivity index (χ4n) is 1.82. The summed E-state index contributed by atoms with van der Waals surface area (Å²) in [6.45, 7) is 6.84. The van der Waals surface area contributed by atoms with Gasteiger partial charge in [0.2, 0.25) is 0 Å². The third-order valence-corrected chi connectivity index (χ3v) is 2.64. The van der Waals surface area contributed by atoms with Gasteiger partial charge in [-0.2, -0.15) is 0 Å². The van der Waals surface area contributed by atoms with E-state index in [1.165, 1.54) is 6.08 Å². The summed E-state index contributed by atoms with van der Waals surface area (Å²) < 4.78 is 17.7. The molecule has 3 nitrogen and oxygen atoms in total. The highest BCUT2D eigenvalue weighted by atomic mass is 19.1. The first kappa shape index (κ1) is 11.4. The monoisotopic (exact) mass is 234 g/mol. The summed E-state index contributed by atoms with van der Waals surface area (Å²) in [5, 5.41) is 9.85. The third-order valence-electron chi connectivity index (χ3n) is 2.64. The minimum Gasteiger partial charge on any atom is -0.512 e. The van der Waals surface area contributed by atoms with E-state index in [2.05, 4.69) is 13.2 Å². The van der Waals surface area contributed by atoms with Crippen LogP contribution >= 0.6 is 0 Å². The van der Waals surface area contributed by atoms with E-state index in [9.17, 15) is 14.3 Å². The molecule has 0 saturated carbocycles. The van der Waals surface area contributed by atoms with E-state index < -0.39 is 11.5 Å². The fraction of sp³-hybridized carbons (Fsp3) is 0.154. The fourth-order valence-corrected chi connectivity index (χ4v) is 1.82. The lowest BCUT2D eigenvalue weighted by Crippen LogP contribution is -2.41. The molecule has 1 aromatic rings. The van der Waals surface area contributed by atoms with Crippen molar-refractivity contribution in [1.82, 2.24) is 0 Å². The Hall–Kier alpha value is -2.10. The number of rotatable bonds is 1. The Morgan fingerprint density at radius 1 is 1.53 bits per heavy atom. The van der Waals surface area contributed by atoms with Gasteiger partial charge in [-0.25, -0.2) is 9.18 Å².